The standard InChI is InChI=1S/C15H20Cl2FN/c1-2-10-5-6-19-12(7-10)4-3-11-8-15(18)14(17)9-13(11)16/h8-10,12,19H,2-7H2,1H3. The normalized spacial score (nSPS) is 23.6. The van der Waals surface area contributed by atoms with Gasteiger partial charge >= 0.3 is 0 Å². The third kappa shape index (κ3) is 4.08. The van der Waals surface area contributed by atoms with Gasteiger partial charge in [-0.1, -0.05) is 36.5 Å². The fourth-order valence-corrected chi connectivity index (χ4v) is 3.25. The van der Waals surface area contributed by atoms with Gasteiger partial charge in [0, 0.05) is 11.1 Å². The summed E-state index contributed by atoms with van der Waals surface area (Å²) in [7, 11) is 0. The van der Waals surface area contributed by atoms with Crippen LogP contribution in [0.2, 0.25) is 10.0 Å². The Kier molecular flexibility index (Phi) is 5.49. The zero-order valence-electron chi connectivity index (χ0n) is 11.2. The van der Waals surface area contributed by atoms with Crippen LogP contribution in [-0.4, -0.2) is 12.6 Å². The van der Waals surface area contributed by atoms with E-state index in [1.807, 2.05) is 0 Å². The average molecular weight is 304 g/mol. The smallest absolute Gasteiger partial charge is 0.142 e. The molecule has 1 saturated heterocycles. The number of halogens is 3. The Labute approximate surface area is 124 Å². The summed E-state index contributed by atoms with van der Waals surface area (Å²) in [4.78, 5) is 0. The Hall–Kier alpha value is -0.310. The van der Waals surface area contributed by atoms with Gasteiger partial charge in [0.05, 0.1) is 5.02 Å². The van der Waals surface area contributed by atoms with Crippen molar-refractivity contribution in [3.63, 3.8) is 0 Å². The molecule has 4 heteroatoms. The quantitative estimate of drug-likeness (QED) is 0.785. The van der Waals surface area contributed by atoms with E-state index in [-0.39, 0.29) is 10.8 Å². The molecule has 2 unspecified atom stereocenters. The summed E-state index contributed by atoms with van der Waals surface area (Å²) < 4.78 is 13.4. The maximum absolute atomic E-state index is 13.4. The lowest BCUT2D eigenvalue weighted by molar-refractivity contribution is 0.285. The van der Waals surface area contributed by atoms with Crippen molar-refractivity contribution >= 4 is 23.2 Å². The number of piperidine rings is 1. The van der Waals surface area contributed by atoms with Gasteiger partial charge in [-0.3, -0.25) is 0 Å². The summed E-state index contributed by atoms with van der Waals surface area (Å²) in [5.41, 5.74) is 0.851. The molecule has 19 heavy (non-hydrogen) atoms. The molecule has 1 aromatic rings. The van der Waals surface area contributed by atoms with Crippen LogP contribution in [0.25, 0.3) is 0 Å². The number of benzene rings is 1. The second-order valence-corrected chi connectivity index (χ2v) is 6.16. The van der Waals surface area contributed by atoms with Crippen molar-refractivity contribution in [2.75, 3.05) is 6.54 Å². The van der Waals surface area contributed by atoms with E-state index >= 15 is 0 Å². The molecule has 0 radical (unpaired) electrons. The number of nitrogens with one attached hydrogen (secondary N) is 1. The monoisotopic (exact) mass is 303 g/mol. The third-order valence-electron chi connectivity index (χ3n) is 4.03. The molecule has 106 valence electrons. The summed E-state index contributed by atoms with van der Waals surface area (Å²) in [5, 5.41) is 4.19. The minimum atomic E-state index is -0.385. The van der Waals surface area contributed by atoms with E-state index in [2.05, 4.69) is 12.2 Å². The van der Waals surface area contributed by atoms with Crippen LogP contribution in [0, 0.1) is 11.7 Å². The van der Waals surface area contributed by atoms with Crippen LogP contribution in [0.1, 0.15) is 38.2 Å². The summed E-state index contributed by atoms with van der Waals surface area (Å²) >= 11 is 11.8. The molecule has 2 rings (SSSR count). The minimum absolute atomic E-state index is 0.0931. The lowest BCUT2D eigenvalue weighted by atomic mass is 9.88. The van der Waals surface area contributed by atoms with E-state index in [9.17, 15) is 4.39 Å². The van der Waals surface area contributed by atoms with Crippen molar-refractivity contribution < 1.29 is 4.39 Å². The first kappa shape index (κ1) is 15.1. The maximum atomic E-state index is 13.4. The zero-order valence-corrected chi connectivity index (χ0v) is 12.7. The van der Waals surface area contributed by atoms with Crippen molar-refractivity contribution in [2.45, 2.75) is 45.1 Å². The van der Waals surface area contributed by atoms with E-state index in [1.54, 1.807) is 0 Å². The molecule has 1 nitrogen and oxygen atoms in total. The van der Waals surface area contributed by atoms with Crippen molar-refractivity contribution in [1.29, 1.82) is 0 Å². The molecule has 1 aliphatic heterocycles. The summed E-state index contributed by atoms with van der Waals surface area (Å²) in [6.45, 7) is 3.34. The number of hydrogen-bond donors (Lipinski definition) is 1. The lowest BCUT2D eigenvalue weighted by Gasteiger charge is -2.29. The van der Waals surface area contributed by atoms with E-state index < -0.39 is 0 Å². The van der Waals surface area contributed by atoms with Crippen LogP contribution in [0.15, 0.2) is 12.1 Å². The molecule has 0 aliphatic carbocycles. The highest BCUT2D eigenvalue weighted by Crippen LogP contribution is 2.27. The van der Waals surface area contributed by atoms with Gasteiger partial charge < -0.3 is 5.32 Å². The van der Waals surface area contributed by atoms with Gasteiger partial charge in [-0.15, -0.1) is 0 Å². The predicted octanol–water partition coefficient (Wildman–Crippen LogP) is 4.84. The van der Waals surface area contributed by atoms with Crippen LogP contribution in [0.4, 0.5) is 4.39 Å². The molecule has 0 spiro atoms. The first-order valence-corrected chi connectivity index (χ1v) is 7.72. The molecule has 0 bridgehead atoms. The first-order valence-electron chi connectivity index (χ1n) is 6.97. The summed E-state index contributed by atoms with van der Waals surface area (Å²) in [6, 6.07) is 3.48. The van der Waals surface area contributed by atoms with Crippen molar-refractivity contribution in [3.8, 4) is 0 Å². The molecular weight excluding hydrogens is 284 g/mol. The van der Waals surface area contributed by atoms with Crippen LogP contribution >= 0.6 is 23.2 Å². The van der Waals surface area contributed by atoms with Gasteiger partial charge in [0.2, 0.25) is 0 Å². The topological polar surface area (TPSA) is 12.0 Å². The van der Waals surface area contributed by atoms with E-state index in [4.69, 9.17) is 23.2 Å². The fourth-order valence-electron chi connectivity index (χ4n) is 2.77. The molecule has 2 atom stereocenters. The highest BCUT2D eigenvalue weighted by Gasteiger charge is 2.20. The maximum Gasteiger partial charge on any atom is 0.142 e. The van der Waals surface area contributed by atoms with Gasteiger partial charge in [-0.25, -0.2) is 4.39 Å². The van der Waals surface area contributed by atoms with Gasteiger partial charge in [0.25, 0.3) is 0 Å². The number of aryl methyl sites for hydroxylation is 1. The van der Waals surface area contributed by atoms with Crippen molar-refractivity contribution in [1.82, 2.24) is 5.32 Å². The Bertz CT molecular complexity index is 436. The van der Waals surface area contributed by atoms with Crippen LogP contribution < -0.4 is 5.32 Å². The van der Waals surface area contributed by atoms with Gasteiger partial charge in [-0.2, -0.15) is 0 Å². The Morgan fingerprint density at radius 1 is 1.32 bits per heavy atom. The predicted molar refractivity (Wildman–Crippen MR) is 79.5 cm³/mol. The Morgan fingerprint density at radius 2 is 2.11 bits per heavy atom. The molecule has 0 saturated carbocycles. The molecule has 0 amide bonds. The Balaban J connectivity index is 1.93. The number of rotatable bonds is 4. The molecule has 1 aliphatic rings. The number of hydrogen-bond acceptors (Lipinski definition) is 1. The average Bonchev–Trinajstić information content (AvgIpc) is 2.41. The SMILES string of the molecule is CCC1CCNC(CCc2cc(F)c(Cl)cc2Cl)C1. The highest BCUT2D eigenvalue weighted by molar-refractivity contribution is 6.35. The van der Waals surface area contributed by atoms with Gasteiger partial charge in [-0.05, 0) is 55.8 Å². The lowest BCUT2D eigenvalue weighted by Crippen LogP contribution is -2.38. The second-order valence-electron chi connectivity index (χ2n) is 5.35. The van der Waals surface area contributed by atoms with Gasteiger partial charge in [0.15, 0.2) is 0 Å². The zero-order chi connectivity index (χ0) is 13.8. The largest absolute Gasteiger partial charge is 0.314 e. The van der Waals surface area contributed by atoms with Gasteiger partial charge in [0.1, 0.15) is 5.82 Å². The van der Waals surface area contributed by atoms with E-state index in [1.165, 1.54) is 31.4 Å². The third-order valence-corrected chi connectivity index (χ3v) is 4.67. The molecule has 1 heterocycles. The Morgan fingerprint density at radius 3 is 2.84 bits per heavy atom. The van der Waals surface area contributed by atoms with Crippen LogP contribution in [0.5, 0.6) is 0 Å². The molecule has 1 N–H and O–H groups in total. The van der Waals surface area contributed by atoms with Crippen molar-refractivity contribution in [3.05, 3.63) is 33.6 Å². The highest BCUT2D eigenvalue weighted by atomic mass is 35.5. The summed E-state index contributed by atoms with van der Waals surface area (Å²) in [6.07, 6.45) is 5.51. The second kappa shape index (κ2) is 6.92. The van der Waals surface area contributed by atoms with Crippen LogP contribution in [-0.2, 0) is 6.42 Å². The van der Waals surface area contributed by atoms with E-state index in [0.717, 1.165) is 30.9 Å². The first-order chi connectivity index (χ1) is 9.10. The molecule has 1 fully saturated rings. The van der Waals surface area contributed by atoms with Crippen molar-refractivity contribution in [2.24, 2.45) is 5.92 Å². The fraction of sp³-hybridized carbons (Fsp3) is 0.600. The van der Waals surface area contributed by atoms with E-state index in [0.29, 0.717) is 11.1 Å². The van der Waals surface area contributed by atoms with Crippen LogP contribution in [0.3, 0.4) is 0 Å². The molecule has 0 aromatic heterocycles. The minimum Gasteiger partial charge on any atom is -0.314 e. The molecular formula is C15H20Cl2FN. The molecule has 1 aromatic carbocycles. The summed E-state index contributed by atoms with van der Waals surface area (Å²) in [5.74, 6) is 0.438.